The summed E-state index contributed by atoms with van der Waals surface area (Å²) < 4.78 is 5.32. The van der Waals surface area contributed by atoms with Gasteiger partial charge in [-0.1, -0.05) is 0 Å². The van der Waals surface area contributed by atoms with Crippen molar-refractivity contribution < 1.29 is 14.0 Å². The zero-order valence-electron chi connectivity index (χ0n) is 13.7. The molecule has 1 unspecified atom stereocenters. The number of benzene rings is 1. The van der Waals surface area contributed by atoms with Gasteiger partial charge in [-0.2, -0.15) is 0 Å². The van der Waals surface area contributed by atoms with Crippen molar-refractivity contribution in [2.45, 2.75) is 19.9 Å². The lowest BCUT2D eigenvalue weighted by Crippen LogP contribution is -2.33. The van der Waals surface area contributed by atoms with Crippen molar-refractivity contribution in [2.24, 2.45) is 0 Å². The average molecular weight is 315 g/mol. The van der Waals surface area contributed by atoms with Gasteiger partial charge < -0.3 is 19.5 Å². The Bertz CT molecular complexity index is 665. The summed E-state index contributed by atoms with van der Waals surface area (Å²) in [6.07, 6.45) is 1.59. The first-order chi connectivity index (χ1) is 10.9. The largest absolute Gasteiger partial charge is 0.467 e. The number of amides is 3. The molecule has 0 radical (unpaired) electrons. The summed E-state index contributed by atoms with van der Waals surface area (Å²) in [5.41, 5.74) is 1.43. The van der Waals surface area contributed by atoms with Crippen LogP contribution < -0.4 is 10.2 Å². The van der Waals surface area contributed by atoms with Gasteiger partial charge in [0.05, 0.1) is 12.3 Å². The van der Waals surface area contributed by atoms with Gasteiger partial charge in [0.2, 0.25) is 5.91 Å². The van der Waals surface area contributed by atoms with E-state index in [1.54, 1.807) is 55.6 Å². The second-order valence-electron chi connectivity index (χ2n) is 5.36. The zero-order chi connectivity index (χ0) is 17.0. The van der Waals surface area contributed by atoms with E-state index in [1.165, 1.54) is 11.8 Å². The van der Waals surface area contributed by atoms with E-state index in [4.69, 9.17) is 4.42 Å². The number of urea groups is 1. The maximum Gasteiger partial charge on any atom is 0.322 e. The zero-order valence-corrected chi connectivity index (χ0v) is 13.7. The summed E-state index contributed by atoms with van der Waals surface area (Å²) in [5.74, 6) is 0.676. The SMILES string of the molecule is CC(=O)N(C)c1ccc(NC(=O)N(C)C(C)c2ccco2)cc1. The number of furan rings is 1. The second-order valence-corrected chi connectivity index (χ2v) is 5.36. The highest BCUT2D eigenvalue weighted by atomic mass is 16.3. The molecular weight excluding hydrogens is 294 g/mol. The predicted octanol–water partition coefficient (Wildman–Crippen LogP) is 3.49. The van der Waals surface area contributed by atoms with E-state index in [0.29, 0.717) is 5.69 Å². The first kappa shape index (κ1) is 16.6. The molecule has 0 aliphatic carbocycles. The maximum atomic E-state index is 12.3. The maximum absolute atomic E-state index is 12.3. The van der Waals surface area contributed by atoms with Crippen molar-refractivity contribution in [1.82, 2.24) is 4.90 Å². The number of nitrogens with zero attached hydrogens (tertiary/aromatic N) is 2. The lowest BCUT2D eigenvalue weighted by Gasteiger charge is -2.23. The second kappa shape index (κ2) is 7.00. The van der Waals surface area contributed by atoms with Crippen LogP contribution in [0.25, 0.3) is 0 Å². The molecule has 1 aromatic heterocycles. The highest BCUT2D eigenvalue weighted by Gasteiger charge is 2.19. The number of rotatable bonds is 4. The molecule has 0 spiro atoms. The van der Waals surface area contributed by atoms with Crippen LogP contribution in [0, 0.1) is 0 Å². The van der Waals surface area contributed by atoms with Gasteiger partial charge in [0, 0.05) is 32.4 Å². The normalized spacial score (nSPS) is 11.7. The Morgan fingerprint density at radius 1 is 1.13 bits per heavy atom. The minimum atomic E-state index is -0.235. The Kier molecular flexibility index (Phi) is 5.05. The molecule has 6 heteroatoms. The third-order valence-corrected chi connectivity index (χ3v) is 3.83. The first-order valence-corrected chi connectivity index (χ1v) is 7.31. The quantitative estimate of drug-likeness (QED) is 0.939. The number of carbonyl (C=O) groups excluding carboxylic acids is 2. The summed E-state index contributed by atoms with van der Waals surface area (Å²) in [6.45, 7) is 3.39. The number of anilines is 2. The van der Waals surface area contributed by atoms with Crippen LogP contribution >= 0.6 is 0 Å². The Balaban J connectivity index is 2.01. The Labute approximate surface area is 135 Å². The molecule has 0 saturated heterocycles. The standard InChI is InChI=1S/C17H21N3O3/c1-12(16-6-5-11-23-16)19(3)17(22)18-14-7-9-15(10-8-14)20(4)13(2)21/h5-12H,1-4H3,(H,18,22). The van der Waals surface area contributed by atoms with Crippen molar-refractivity contribution in [3.05, 3.63) is 48.4 Å². The van der Waals surface area contributed by atoms with Gasteiger partial charge in [0.1, 0.15) is 5.76 Å². The van der Waals surface area contributed by atoms with E-state index in [-0.39, 0.29) is 18.0 Å². The molecule has 1 atom stereocenters. The molecule has 6 nitrogen and oxygen atoms in total. The molecule has 0 aliphatic rings. The predicted molar refractivity (Wildman–Crippen MR) is 89.4 cm³/mol. The van der Waals surface area contributed by atoms with E-state index in [0.717, 1.165) is 11.4 Å². The molecule has 1 aromatic carbocycles. The molecule has 0 bridgehead atoms. The van der Waals surface area contributed by atoms with Crippen LogP contribution in [0.4, 0.5) is 16.2 Å². The van der Waals surface area contributed by atoms with Gasteiger partial charge in [0.15, 0.2) is 0 Å². The highest BCUT2D eigenvalue weighted by Crippen LogP contribution is 2.21. The third-order valence-electron chi connectivity index (χ3n) is 3.83. The molecule has 2 aromatic rings. The van der Waals surface area contributed by atoms with Crippen LogP contribution in [0.3, 0.4) is 0 Å². The van der Waals surface area contributed by atoms with Crippen LogP contribution in [-0.2, 0) is 4.79 Å². The number of hydrogen-bond acceptors (Lipinski definition) is 3. The lowest BCUT2D eigenvalue weighted by atomic mass is 10.2. The van der Waals surface area contributed by atoms with Gasteiger partial charge in [0.25, 0.3) is 0 Å². The molecular formula is C17H21N3O3. The highest BCUT2D eigenvalue weighted by molar-refractivity contribution is 5.92. The summed E-state index contributed by atoms with van der Waals surface area (Å²) in [6, 6.07) is 10.3. The molecule has 0 saturated carbocycles. The molecule has 0 aliphatic heterocycles. The van der Waals surface area contributed by atoms with Gasteiger partial charge in [-0.3, -0.25) is 4.79 Å². The molecule has 1 N–H and O–H groups in total. The Hall–Kier alpha value is -2.76. The third kappa shape index (κ3) is 3.91. The van der Waals surface area contributed by atoms with Gasteiger partial charge in [-0.15, -0.1) is 0 Å². The summed E-state index contributed by atoms with van der Waals surface area (Å²) in [4.78, 5) is 26.7. The van der Waals surface area contributed by atoms with Gasteiger partial charge in [-0.05, 0) is 43.3 Å². The van der Waals surface area contributed by atoms with Crippen molar-refractivity contribution in [1.29, 1.82) is 0 Å². The average Bonchev–Trinajstić information content (AvgIpc) is 3.07. The van der Waals surface area contributed by atoms with E-state index in [2.05, 4.69) is 5.32 Å². The van der Waals surface area contributed by atoms with Gasteiger partial charge in [-0.25, -0.2) is 4.79 Å². The van der Waals surface area contributed by atoms with Crippen LogP contribution in [0.1, 0.15) is 25.6 Å². The lowest BCUT2D eigenvalue weighted by molar-refractivity contribution is -0.116. The minimum absolute atomic E-state index is 0.0474. The molecule has 0 fully saturated rings. The first-order valence-electron chi connectivity index (χ1n) is 7.31. The van der Waals surface area contributed by atoms with Crippen molar-refractivity contribution in [2.75, 3.05) is 24.3 Å². The molecule has 1 heterocycles. The number of hydrogen-bond donors (Lipinski definition) is 1. The van der Waals surface area contributed by atoms with Crippen molar-refractivity contribution in [3.63, 3.8) is 0 Å². The fourth-order valence-corrected chi connectivity index (χ4v) is 2.06. The van der Waals surface area contributed by atoms with E-state index < -0.39 is 0 Å². The topological polar surface area (TPSA) is 65.8 Å². The summed E-state index contributed by atoms with van der Waals surface area (Å²) >= 11 is 0. The summed E-state index contributed by atoms with van der Waals surface area (Å²) in [5, 5.41) is 2.82. The smallest absolute Gasteiger partial charge is 0.322 e. The van der Waals surface area contributed by atoms with Crippen LogP contribution in [0.5, 0.6) is 0 Å². The van der Waals surface area contributed by atoms with Crippen LogP contribution in [0.2, 0.25) is 0 Å². The fraction of sp³-hybridized carbons (Fsp3) is 0.294. The van der Waals surface area contributed by atoms with E-state index >= 15 is 0 Å². The van der Waals surface area contributed by atoms with Gasteiger partial charge >= 0.3 is 6.03 Å². The fourth-order valence-electron chi connectivity index (χ4n) is 2.06. The monoisotopic (exact) mass is 315 g/mol. The molecule has 23 heavy (non-hydrogen) atoms. The summed E-state index contributed by atoms with van der Waals surface area (Å²) in [7, 11) is 3.41. The molecule has 2 rings (SSSR count). The Morgan fingerprint density at radius 2 is 1.78 bits per heavy atom. The van der Waals surface area contributed by atoms with Crippen molar-refractivity contribution in [3.8, 4) is 0 Å². The number of carbonyl (C=O) groups is 2. The number of nitrogens with one attached hydrogen (secondary N) is 1. The van der Waals surface area contributed by atoms with Crippen LogP contribution in [-0.4, -0.2) is 30.9 Å². The van der Waals surface area contributed by atoms with E-state index in [1.807, 2.05) is 13.0 Å². The Morgan fingerprint density at radius 3 is 2.30 bits per heavy atom. The van der Waals surface area contributed by atoms with Crippen LogP contribution in [0.15, 0.2) is 47.1 Å². The minimum Gasteiger partial charge on any atom is -0.467 e. The van der Waals surface area contributed by atoms with Crippen molar-refractivity contribution >= 4 is 23.3 Å². The van der Waals surface area contributed by atoms with E-state index in [9.17, 15) is 9.59 Å². The molecule has 122 valence electrons. The molecule has 3 amide bonds.